The Morgan fingerprint density at radius 3 is 2.35 bits per heavy atom. The lowest BCUT2D eigenvalue weighted by Crippen LogP contribution is -2.55. The van der Waals surface area contributed by atoms with Crippen LogP contribution in [0.15, 0.2) is 23.1 Å². The zero-order chi connectivity index (χ0) is 22.2. The van der Waals surface area contributed by atoms with Crippen molar-refractivity contribution < 1.29 is 22.7 Å². The molecule has 0 saturated carbocycles. The van der Waals surface area contributed by atoms with Gasteiger partial charge < -0.3 is 14.5 Å². The average molecular weight is 451 g/mol. The zero-order valence-corrected chi connectivity index (χ0v) is 18.9. The molecular formula is C21H30N4O5S. The van der Waals surface area contributed by atoms with Gasteiger partial charge in [-0.3, -0.25) is 14.5 Å². The number of ether oxygens (including phenoxy) is 1. The molecule has 3 heterocycles. The summed E-state index contributed by atoms with van der Waals surface area (Å²) in [5.74, 6) is -0.284. The Bertz CT molecular complexity index is 953. The molecule has 4 rings (SSSR count). The van der Waals surface area contributed by atoms with Gasteiger partial charge in [0.2, 0.25) is 21.8 Å². The summed E-state index contributed by atoms with van der Waals surface area (Å²) < 4.78 is 32.8. The molecule has 0 bridgehead atoms. The van der Waals surface area contributed by atoms with E-state index in [0.717, 1.165) is 25.2 Å². The summed E-state index contributed by atoms with van der Waals surface area (Å²) in [5.41, 5.74) is 1.34. The molecular weight excluding hydrogens is 420 g/mol. The van der Waals surface area contributed by atoms with Crippen LogP contribution in [0, 0.1) is 0 Å². The Morgan fingerprint density at radius 1 is 1.06 bits per heavy atom. The standard InChI is InChI=1S/C21H30N4O5S/c1-3-22-6-8-23(9-7-22)21(27)20-15-17-14-18(4-5-19(17)25(20)16(2)26)31(28,29)24-10-12-30-13-11-24/h4-5,14,20H,3,6-13,15H2,1-2H3/t20-/m0/s1. The highest BCUT2D eigenvalue weighted by atomic mass is 32.2. The summed E-state index contributed by atoms with van der Waals surface area (Å²) >= 11 is 0. The molecule has 0 radical (unpaired) electrons. The first-order chi connectivity index (χ1) is 14.8. The number of likely N-dealkylation sites (N-methyl/N-ethyl adjacent to an activating group) is 1. The van der Waals surface area contributed by atoms with Crippen molar-refractivity contribution in [3.63, 3.8) is 0 Å². The van der Waals surface area contributed by atoms with Crippen LogP contribution >= 0.6 is 0 Å². The topological polar surface area (TPSA) is 90.5 Å². The lowest BCUT2D eigenvalue weighted by Gasteiger charge is -2.36. The number of morpholine rings is 1. The first-order valence-corrected chi connectivity index (χ1v) is 12.3. The molecule has 2 fully saturated rings. The van der Waals surface area contributed by atoms with Crippen molar-refractivity contribution in [2.45, 2.75) is 31.2 Å². The number of anilines is 1. The highest BCUT2D eigenvalue weighted by Crippen LogP contribution is 2.35. The quantitative estimate of drug-likeness (QED) is 0.649. The lowest BCUT2D eigenvalue weighted by molar-refractivity contribution is -0.135. The predicted octanol–water partition coefficient (Wildman–Crippen LogP) is 0.149. The minimum atomic E-state index is -3.64. The second-order valence-electron chi connectivity index (χ2n) is 8.18. The number of fused-ring (bicyclic) bond motifs is 1. The molecule has 1 aromatic carbocycles. The van der Waals surface area contributed by atoms with Gasteiger partial charge in [0, 0.05) is 58.3 Å². The van der Waals surface area contributed by atoms with E-state index in [-0.39, 0.29) is 16.7 Å². The van der Waals surface area contributed by atoms with Crippen molar-refractivity contribution in [1.82, 2.24) is 14.1 Å². The normalized spacial score (nSPS) is 23.1. The molecule has 1 aromatic rings. The Kier molecular flexibility index (Phi) is 6.34. The molecule has 2 amide bonds. The molecule has 0 N–H and O–H groups in total. The van der Waals surface area contributed by atoms with E-state index >= 15 is 0 Å². The highest BCUT2D eigenvalue weighted by molar-refractivity contribution is 7.89. The number of carbonyl (C=O) groups is 2. The molecule has 0 unspecified atom stereocenters. The molecule has 0 aliphatic carbocycles. The SMILES string of the molecule is CCN1CCN(C(=O)[C@@H]2Cc3cc(S(=O)(=O)N4CCOCC4)ccc3N2C(C)=O)CC1. The van der Waals surface area contributed by atoms with Crippen molar-refractivity contribution >= 4 is 27.5 Å². The van der Waals surface area contributed by atoms with Gasteiger partial charge in [0.05, 0.1) is 18.1 Å². The molecule has 2 saturated heterocycles. The van der Waals surface area contributed by atoms with Gasteiger partial charge in [-0.25, -0.2) is 8.42 Å². The van der Waals surface area contributed by atoms with Crippen molar-refractivity contribution in [2.75, 3.05) is 63.9 Å². The van der Waals surface area contributed by atoms with Crippen molar-refractivity contribution in [3.8, 4) is 0 Å². The van der Waals surface area contributed by atoms with Gasteiger partial charge in [-0.2, -0.15) is 4.31 Å². The van der Waals surface area contributed by atoms with Crippen LogP contribution in [0.2, 0.25) is 0 Å². The first kappa shape index (κ1) is 22.2. The Morgan fingerprint density at radius 2 is 1.74 bits per heavy atom. The lowest BCUT2D eigenvalue weighted by atomic mass is 10.1. The Balaban J connectivity index is 1.57. The van der Waals surface area contributed by atoms with Crippen LogP contribution in [0.5, 0.6) is 0 Å². The summed E-state index contributed by atoms with van der Waals surface area (Å²) in [6, 6.07) is 4.19. The van der Waals surface area contributed by atoms with E-state index in [1.54, 1.807) is 12.1 Å². The van der Waals surface area contributed by atoms with Crippen LogP contribution < -0.4 is 4.90 Å². The number of amides is 2. The molecule has 1 atom stereocenters. The fraction of sp³-hybridized carbons (Fsp3) is 0.619. The highest BCUT2D eigenvalue weighted by Gasteiger charge is 2.40. The van der Waals surface area contributed by atoms with Gasteiger partial charge in [-0.15, -0.1) is 0 Å². The smallest absolute Gasteiger partial charge is 0.246 e. The third-order valence-corrected chi connectivity index (χ3v) is 8.29. The maximum Gasteiger partial charge on any atom is 0.246 e. The number of carbonyl (C=O) groups excluding carboxylic acids is 2. The third-order valence-electron chi connectivity index (χ3n) is 6.40. The first-order valence-electron chi connectivity index (χ1n) is 10.8. The van der Waals surface area contributed by atoms with Gasteiger partial charge in [0.1, 0.15) is 6.04 Å². The van der Waals surface area contributed by atoms with Crippen LogP contribution in [-0.2, 0) is 30.8 Å². The van der Waals surface area contributed by atoms with Crippen LogP contribution in [-0.4, -0.2) is 99.4 Å². The van der Waals surface area contributed by atoms with Gasteiger partial charge in [-0.1, -0.05) is 6.92 Å². The minimum absolute atomic E-state index is 0.0697. The minimum Gasteiger partial charge on any atom is -0.379 e. The van der Waals surface area contributed by atoms with Crippen LogP contribution in [0.25, 0.3) is 0 Å². The number of benzene rings is 1. The van der Waals surface area contributed by atoms with Gasteiger partial charge in [0.15, 0.2) is 0 Å². The van der Waals surface area contributed by atoms with Crippen LogP contribution in [0.3, 0.4) is 0 Å². The summed E-state index contributed by atoms with van der Waals surface area (Å²) in [6.07, 6.45) is 0.328. The van der Waals surface area contributed by atoms with Gasteiger partial charge in [0.25, 0.3) is 0 Å². The van der Waals surface area contributed by atoms with E-state index in [4.69, 9.17) is 4.74 Å². The molecule has 0 spiro atoms. The average Bonchev–Trinajstić information content (AvgIpc) is 3.18. The number of nitrogens with zero attached hydrogens (tertiary/aromatic N) is 4. The summed E-state index contributed by atoms with van der Waals surface area (Å²) in [7, 11) is -3.64. The summed E-state index contributed by atoms with van der Waals surface area (Å²) in [4.78, 5) is 31.6. The fourth-order valence-electron chi connectivity index (χ4n) is 4.61. The van der Waals surface area contributed by atoms with Crippen LogP contribution in [0.1, 0.15) is 19.4 Å². The van der Waals surface area contributed by atoms with Gasteiger partial charge in [-0.05, 0) is 30.3 Å². The van der Waals surface area contributed by atoms with E-state index in [2.05, 4.69) is 11.8 Å². The fourth-order valence-corrected chi connectivity index (χ4v) is 6.07. The number of hydrogen-bond acceptors (Lipinski definition) is 6. The molecule has 3 aliphatic rings. The Hall–Kier alpha value is -2.01. The zero-order valence-electron chi connectivity index (χ0n) is 18.1. The summed E-state index contributed by atoms with van der Waals surface area (Å²) in [5, 5.41) is 0. The largest absolute Gasteiger partial charge is 0.379 e. The molecule has 170 valence electrons. The van der Waals surface area contributed by atoms with Crippen molar-refractivity contribution in [3.05, 3.63) is 23.8 Å². The molecule has 3 aliphatic heterocycles. The maximum atomic E-state index is 13.3. The monoisotopic (exact) mass is 450 g/mol. The van der Waals surface area contributed by atoms with Crippen molar-refractivity contribution in [2.24, 2.45) is 0 Å². The Labute approximate surface area is 183 Å². The van der Waals surface area contributed by atoms with E-state index in [0.29, 0.717) is 51.5 Å². The second kappa shape index (κ2) is 8.85. The third kappa shape index (κ3) is 4.21. The number of sulfonamides is 1. The van der Waals surface area contributed by atoms with E-state index in [9.17, 15) is 18.0 Å². The summed E-state index contributed by atoms with van der Waals surface area (Å²) in [6.45, 7) is 8.84. The molecule has 31 heavy (non-hydrogen) atoms. The van der Waals surface area contributed by atoms with Crippen LogP contribution in [0.4, 0.5) is 5.69 Å². The van der Waals surface area contributed by atoms with Gasteiger partial charge >= 0.3 is 0 Å². The van der Waals surface area contributed by atoms with Crippen molar-refractivity contribution in [1.29, 1.82) is 0 Å². The molecule has 9 nitrogen and oxygen atoms in total. The maximum absolute atomic E-state index is 13.3. The second-order valence-corrected chi connectivity index (χ2v) is 10.1. The van der Waals surface area contributed by atoms with E-state index < -0.39 is 16.1 Å². The molecule has 0 aromatic heterocycles. The van der Waals surface area contributed by atoms with E-state index in [1.165, 1.54) is 22.2 Å². The predicted molar refractivity (Wildman–Crippen MR) is 115 cm³/mol. The number of hydrogen-bond donors (Lipinski definition) is 0. The van der Waals surface area contributed by atoms with E-state index in [1.807, 2.05) is 4.90 Å². The molecule has 10 heteroatoms. The number of rotatable bonds is 4. The number of piperazine rings is 1.